The van der Waals surface area contributed by atoms with Crippen LogP contribution in [0.15, 0.2) is 0 Å². The van der Waals surface area contributed by atoms with Crippen molar-refractivity contribution < 1.29 is 14.6 Å². The monoisotopic (exact) mass is 378 g/mol. The summed E-state index contributed by atoms with van der Waals surface area (Å²) in [5.41, 5.74) is 0.220. The van der Waals surface area contributed by atoms with E-state index in [2.05, 4.69) is 27.7 Å². The number of hydrogen-bond acceptors (Lipinski definition) is 3. The summed E-state index contributed by atoms with van der Waals surface area (Å²) in [4.78, 5) is 0. The van der Waals surface area contributed by atoms with Gasteiger partial charge in [0.15, 0.2) is 0 Å². The van der Waals surface area contributed by atoms with Gasteiger partial charge in [0.2, 0.25) is 0 Å². The third kappa shape index (κ3) is 3.20. The van der Waals surface area contributed by atoms with Gasteiger partial charge in [0.25, 0.3) is 0 Å². The van der Waals surface area contributed by atoms with Crippen LogP contribution in [-0.4, -0.2) is 36.6 Å². The predicted molar refractivity (Wildman–Crippen MR) is 109 cm³/mol. The van der Waals surface area contributed by atoms with Gasteiger partial charge in [-0.2, -0.15) is 0 Å². The fourth-order valence-corrected chi connectivity index (χ4v) is 8.11. The van der Waals surface area contributed by atoms with E-state index in [1.165, 1.54) is 44.9 Å². The molecular formula is C24H42O3. The van der Waals surface area contributed by atoms with Crippen LogP contribution in [0.3, 0.4) is 0 Å². The lowest BCUT2D eigenvalue weighted by atomic mass is 9.44. The van der Waals surface area contributed by atoms with Crippen molar-refractivity contribution in [3.05, 3.63) is 0 Å². The van der Waals surface area contributed by atoms with Gasteiger partial charge in [0, 0.05) is 7.11 Å². The molecule has 3 heteroatoms. The van der Waals surface area contributed by atoms with E-state index in [1.807, 2.05) is 7.11 Å². The van der Waals surface area contributed by atoms with E-state index in [-0.39, 0.29) is 6.10 Å². The molecule has 27 heavy (non-hydrogen) atoms. The van der Waals surface area contributed by atoms with Crippen molar-refractivity contribution >= 4 is 0 Å². The smallest absolute Gasteiger partial charge is 0.0883 e. The molecule has 4 saturated carbocycles. The number of hydrogen-bond donors (Lipinski definition) is 1. The minimum Gasteiger partial charge on any atom is -0.387 e. The summed E-state index contributed by atoms with van der Waals surface area (Å²) in [5.74, 6) is 3.24. The van der Waals surface area contributed by atoms with E-state index in [9.17, 15) is 5.11 Å². The maximum absolute atomic E-state index is 11.2. The molecule has 0 bridgehead atoms. The Kier molecular flexibility index (Phi) is 5.22. The molecule has 4 aliphatic carbocycles. The zero-order valence-corrected chi connectivity index (χ0v) is 18.3. The molecule has 0 aromatic carbocycles. The molecule has 4 aliphatic rings. The third-order valence-corrected chi connectivity index (χ3v) is 9.70. The van der Waals surface area contributed by atoms with Crippen LogP contribution in [0, 0.1) is 34.5 Å². The molecule has 0 unspecified atom stereocenters. The Morgan fingerprint density at radius 3 is 2.37 bits per heavy atom. The summed E-state index contributed by atoms with van der Waals surface area (Å²) in [7, 11) is 1.92. The van der Waals surface area contributed by atoms with Crippen molar-refractivity contribution in [3.63, 3.8) is 0 Å². The summed E-state index contributed by atoms with van der Waals surface area (Å²) in [6.45, 7) is 9.74. The topological polar surface area (TPSA) is 38.7 Å². The van der Waals surface area contributed by atoms with Gasteiger partial charge in [-0.3, -0.25) is 0 Å². The molecule has 0 aromatic rings. The van der Waals surface area contributed by atoms with Crippen LogP contribution in [0.1, 0.15) is 85.5 Å². The van der Waals surface area contributed by atoms with Crippen LogP contribution < -0.4 is 0 Å². The summed E-state index contributed by atoms with van der Waals surface area (Å²) in [5, 5.41) is 11.2. The molecule has 0 heterocycles. The zero-order chi connectivity index (χ0) is 19.4. The fourth-order valence-electron chi connectivity index (χ4n) is 8.11. The first-order chi connectivity index (χ1) is 12.7. The van der Waals surface area contributed by atoms with Gasteiger partial charge >= 0.3 is 0 Å². The quantitative estimate of drug-likeness (QED) is 0.731. The Labute approximate surface area is 166 Å². The molecule has 0 aliphatic heterocycles. The van der Waals surface area contributed by atoms with Gasteiger partial charge < -0.3 is 14.6 Å². The van der Waals surface area contributed by atoms with Crippen molar-refractivity contribution in [2.24, 2.45) is 34.5 Å². The van der Waals surface area contributed by atoms with Crippen LogP contribution in [0.2, 0.25) is 0 Å². The van der Waals surface area contributed by atoms with Crippen LogP contribution >= 0.6 is 0 Å². The van der Waals surface area contributed by atoms with Crippen LogP contribution in [-0.2, 0) is 9.47 Å². The highest BCUT2D eigenvalue weighted by atomic mass is 16.5. The van der Waals surface area contributed by atoms with Gasteiger partial charge in [0.05, 0.1) is 24.4 Å². The second kappa shape index (κ2) is 6.99. The van der Waals surface area contributed by atoms with E-state index in [0.29, 0.717) is 29.5 Å². The number of rotatable bonds is 4. The number of fused-ring (bicyclic) bond motifs is 5. The highest BCUT2D eigenvalue weighted by Gasteiger charge is 2.61. The molecule has 0 saturated heterocycles. The first-order valence-corrected chi connectivity index (χ1v) is 11.6. The summed E-state index contributed by atoms with van der Waals surface area (Å²) in [6, 6.07) is 0. The Morgan fingerprint density at radius 1 is 0.926 bits per heavy atom. The molecule has 4 fully saturated rings. The van der Waals surface area contributed by atoms with Crippen molar-refractivity contribution in [1.82, 2.24) is 0 Å². The maximum Gasteiger partial charge on any atom is 0.0883 e. The Balaban J connectivity index is 1.50. The van der Waals surface area contributed by atoms with E-state index >= 15 is 0 Å². The largest absolute Gasteiger partial charge is 0.387 e. The van der Waals surface area contributed by atoms with E-state index in [0.717, 1.165) is 30.6 Å². The highest BCUT2D eigenvalue weighted by molar-refractivity contribution is 5.11. The molecule has 0 radical (unpaired) electrons. The lowest BCUT2D eigenvalue weighted by Gasteiger charge is -2.62. The molecule has 0 amide bonds. The maximum atomic E-state index is 11.2. The number of methoxy groups -OCH3 is 1. The van der Waals surface area contributed by atoms with Gasteiger partial charge in [-0.05, 0) is 106 Å². The average molecular weight is 379 g/mol. The normalized spacial score (nSPS) is 52.3. The first kappa shape index (κ1) is 20.2. The highest BCUT2D eigenvalue weighted by Crippen LogP contribution is 2.67. The SMILES string of the molecule is CO[C@H]1CC[C@H]2[C@@H]3CC[C@H]4C[C@@](O)(COC(C)C)CC[C@]4(C)[C@H]3CC[C@]12C. The zero-order valence-electron chi connectivity index (χ0n) is 18.3. The number of aliphatic hydroxyl groups is 1. The molecular weight excluding hydrogens is 336 g/mol. The van der Waals surface area contributed by atoms with E-state index in [4.69, 9.17) is 9.47 Å². The van der Waals surface area contributed by atoms with Crippen molar-refractivity contribution in [3.8, 4) is 0 Å². The molecule has 3 nitrogen and oxygen atoms in total. The van der Waals surface area contributed by atoms with Crippen LogP contribution in [0.5, 0.6) is 0 Å². The minimum absolute atomic E-state index is 0.199. The van der Waals surface area contributed by atoms with Gasteiger partial charge in [0.1, 0.15) is 0 Å². The molecule has 8 atom stereocenters. The second-order valence-corrected chi connectivity index (χ2v) is 11.3. The third-order valence-electron chi connectivity index (χ3n) is 9.70. The fraction of sp³-hybridized carbons (Fsp3) is 1.00. The summed E-state index contributed by atoms with van der Waals surface area (Å²) in [6.07, 6.45) is 11.7. The molecule has 156 valence electrons. The molecule has 0 aromatic heterocycles. The second-order valence-electron chi connectivity index (χ2n) is 11.3. The molecule has 4 rings (SSSR count). The molecule has 1 N–H and O–H groups in total. The van der Waals surface area contributed by atoms with Gasteiger partial charge in [-0.15, -0.1) is 0 Å². The standard InChI is InChI=1S/C24H42O3/c1-16(2)27-15-24(25)13-12-22(3)17(14-24)6-7-18-19-8-9-21(26-5)23(19,4)11-10-20(18)22/h16-21,25H,6-15H2,1-5H3/t17-,18-,19-,20-,21-,22-,23-,24+/m0/s1. The van der Waals surface area contributed by atoms with Crippen molar-refractivity contribution in [2.45, 2.75) is 103 Å². The van der Waals surface area contributed by atoms with Crippen LogP contribution in [0.25, 0.3) is 0 Å². The van der Waals surface area contributed by atoms with Gasteiger partial charge in [-0.1, -0.05) is 13.8 Å². The van der Waals surface area contributed by atoms with E-state index < -0.39 is 5.60 Å². The van der Waals surface area contributed by atoms with E-state index in [1.54, 1.807) is 0 Å². The van der Waals surface area contributed by atoms with Gasteiger partial charge in [-0.25, -0.2) is 0 Å². The summed E-state index contributed by atoms with van der Waals surface area (Å²) >= 11 is 0. The minimum atomic E-state index is -0.598. The predicted octanol–water partition coefficient (Wildman–Crippen LogP) is 5.20. The number of ether oxygens (including phenoxy) is 2. The van der Waals surface area contributed by atoms with Crippen LogP contribution in [0.4, 0.5) is 0 Å². The summed E-state index contributed by atoms with van der Waals surface area (Å²) < 4.78 is 11.8. The molecule has 0 spiro atoms. The lowest BCUT2D eigenvalue weighted by Crippen LogP contribution is -2.57. The average Bonchev–Trinajstić information content (AvgIpc) is 2.97. The Bertz CT molecular complexity index is 548. The first-order valence-electron chi connectivity index (χ1n) is 11.6. The van der Waals surface area contributed by atoms with Crippen molar-refractivity contribution in [1.29, 1.82) is 0 Å². The lowest BCUT2D eigenvalue weighted by molar-refractivity contribution is -0.172. The Hall–Kier alpha value is -0.120. The van der Waals surface area contributed by atoms with Crippen molar-refractivity contribution in [2.75, 3.05) is 13.7 Å². The Morgan fingerprint density at radius 2 is 1.67 bits per heavy atom.